The maximum atomic E-state index is 13.4. The van der Waals surface area contributed by atoms with Crippen molar-refractivity contribution in [3.63, 3.8) is 0 Å². The molecular weight excluding hydrogens is 390 g/mol. The van der Waals surface area contributed by atoms with Crippen molar-refractivity contribution in [3.8, 4) is 5.69 Å². The van der Waals surface area contributed by atoms with Crippen molar-refractivity contribution in [1.82, 2.24) is 19.6 Å². The summed E-state index contributed by atoms with van der Waals surface area (Å²) in [6.07, 6.45) is 1.56. The molecule has 2 amide bonds. The predicted molar refractivity (Wildman–Crippen MR) is 106 cm³/mol. The van der Waals surface area contributed by atoms with Crippen molar-refractivity contribution in [2.24, 2.45) is 0 Å². The van der Waals surface area contributed by atoms with Gasteiger partial charge >= 0.3 is 0 Å². The maximum Gasteiger partial charge on any atom is 0.257 e. The number of rotatable bonds is 3. The molecule has 0 saturated carbocycles. The number of carbonyl (C=O) groups excluding carboxylic acids is 2. The van der Waals surface area contributed by atoms with Crippen molar-refractivity contribution < 1.29 is 18.4 Å². The van der Waals surface area contributed by atoms with Crippen LogP contribution in [0.2, 0.25) is 0 Å². The Morgan fingerprint density at radius 1 is 0.867 bits per heavy atom. The van der Waals surface area contributed by atoms with Crippen LogP contribution < -0.4 is 0 Å². The Labute approximate surface area is 172 Å². The van der Waals surface area contributed by atoms with E-state index >= 15 is 0 Å². The predicted octanol–water partition coefficient (Wildman–Crippen LogP) is 3.06. The molecule has 1 fully saturated rings. The molecule has 154 valence electrons. The number of piperazine rings is 1. The van der Waals surface area contributed by atoms with E-state index in [4.69, 9.17) is 0 Å². The normalized spacial score (nSPS) is 14.1. The summed E-state index contributed by atoms with van der Waals surface area (Å²) in [6, 6.07) is 12.7. The fraction of sp³-hybridized carbons (Fsp3) is 0.227. The molecule has 0 bridgehead atoms. The van der Waals surface area contributed by atoms with E-state index in [0.29, 0.717) is 31.7 Å². The molecule has 8 heteroatoms. The largest absolute Gasteiger partial charge is 0.335 e. The summed E-state index contributed by atoms with van der Waals surface area (Å²) >= 11 is 0. The average molecular weight is 410 g/mol. The molecule has 1 aliphatic heterocycles. The lowest BCUT2D eigenvalue weighted by Gasteiger charge is -2.34. The lowest BCUT2D eigenvalue weighted by Crippen LogP contribution is -2.50. The smallest absolute Gasteiger partial charge is 0.257 e. The number of hydrogen-bond acceptors (Lipinski definition) is 3. The second kappa shape index (κ2) is 8.06. The topological polar surface area (TPSA) is 58.4 Å². The molecule has 0 aliphatic carbocycles. The Hall–Kier alpha value is -3.55. The van der Waals surface area contributed by atoms with Crippen LogP contribution in [-0.4, -0.2) is 57.6 Å². The highest BCUT2D eigenvalue weighted by Gasteiger charge is 2.27. The van der Waals surface area contributed by atoms with Gasteiger partial charge in [0, 0.05) is 31.7 Å². The molecule has 30 heavy (non-hydrogen) atoms. The van der Waals surface area contributed by atoms with Crippen molar-refractivity contribution in [1.29, 1.82) is 0 Å². The first-order valence-corrected chi connectivity index (χ1v) is 9.59. The number of amides is 2. The quantitative estimate of drug-likeness (QED) is 0.667. The third kappa shape index (κ3) is 3.68. The van der Waals surface area contributed by atoms with Crippen molar-refractivity contribution in [2.45, 2.75) is 6.92 Å². The summed E-state index contributed by atoms with van der Waals surface area (Å²) in [5, 5.41) is 4.34. The number of para-hydroxylation sites is 1. The van der Waals surface area contributed by atoms with Crippen LogP contribution in [0.15, 0.2) is 54.7 Å². The van der Waals surface area contributed by atoms with Gasteiger partial charge in [0.1, 0.15) is 0 Å². The molecule has 2 heterocycles. The molecule has 0 unspecified atom stereocenters. The van der Waals surface area contributed by atoms with Crippen LogP contribution in [0.4, 0.5) is 8.78 Å². The molecule has 1 aliphatic rings. The lowest BCUT2D eigenvalue weighted by molar-refractivity contribution is 0.0534. The zero-order valence-electron chi connectivity index (χ0n) is 16.4. The summed E-state index contributed by atoms with van der Waals surface area (Å²) in [6.45, 7) is 3.18. The minimum Gasteiger partial charge on any atom is -0.335 e. The van der Waals surface area contributed by atoms with Crippen LogP contribution in [0.1, 0.15) is 26.4 Å². The summed E-state index contributed by atoms with van der Waals surface area (Å²) in [4.78, 5) is 28.7. The third-order valence-electron chi connectivity index (χ3n) is 5.26. The molecule has 0 atom stereocenters. The Bertz CT molecular complexity index is 1090. The molecule has 4 rings (SSSR count). The van der Waals surface area contributed by atoms with Gasteiger partial charge in [-0.2, -0.15) is 5.10 Å². The van der Waals surface area contributed by atoms with Crippen molar-refractivity contribution in [3.05, 3.63) is 83.2 Å². The van der Waals surface area contributed by atoms with Gasteiger partial charge in [0.2, 0.25) is 0 Å². The Morgan fingerprint density at radius 3 is 2.13 bits per heavy atom. The molecule has 6 nitrogen and oxygen atoms in total. The van der Waals surface area contributed by atoms with E-state index in [-0.39, 0.29) is 17.4 Å². The Morgan fingerprint density at radius 2 is 1.50 bits per heavy atom. The van der Waals surface area contributed by atoms with Gasteiger partial charge < -0.3 is 9.80 Å². The number of aromatic nitrogens is 2. The minimum atomic E-state index is -1.06. The highest BCUT2D eigenvalue weighted by molar-refractivity contribution is 5.96. The second-order valence-corrected chi connectivity index (χ2v) is 7.10. The molecular formula is C22H20F2N4O2. The van der Waals surface area contributed by atoms with E-state index in [1.807, 2.05) is 37.3 Å². The first-order chi connectivity index (χ1) is 14.5. The molecule has 2 aromatic carbocycles. The van der Waals surface area contributed by atoms with Crippen LogP contribution in [0, 0.1) is 18.6 Å². The molecule has 1 saturated heterocycles. The number of carbonyl (C=O) groups is 2. The maximum absolute atomic E-state index is 13.4. The molecule has 0 N–H and O–H groups in total. The van der Waals surface area contributed by atoms with E-state index in [1.165, 1.54) is 11.0 Å². The number of hydrogen-bond donors (Lipinski definition) is 0. The average Bonchev–Trinajstić information content (AvgIpc) is 3.16. The summed E-state index contributed by atoms with van der Waals surface area (Å²) < 4.78 is 28.2. The van der Waals surface area contributed by atoms with Gasteiger partial charge in [0.05, 0.1) is 23.1 Å². The molecule has 0 spiro atoms. The fourth-order valence-corrected chi connectivity index (χ4v) is 3.54. The first-order valence-electron chi connectivity index (χ1n) is 9.59. The van der Waals surface area contributed by atoms with Gasteiger partial charge in [0.15, 0.2) is 11.6 Å². The van der Waals surface area contributed by atoms with E-state index in [1.54, 1.807) is 15.8 Å². The third-order valence-corrected chi connectivity index (χ3v) is 5.26. The van der Waals surface area contributed by atoms with Crippen LogP contribution in [0.5, 0.6) is 0 Å². The molecule has 3 aromatic rings. The van der Waals surface area contributed by atoms with E-state index < -0.39 is 11.6 Å². The fourth-order valence-electron chi connectivity index (χ4n) is 3.54. The van der Waals surface area contributed by atoms with Crippen LogP contribution >= 0.6 is 0 Å². The highest BCUT2D eigenvalue weighted by Crippen LogP contribution is 2.18. The van der Waals surface area contributed by atoms with Gasteiger partial charge in [-0.05, 0) is 37.3 Å². The lowest BCUT2D eigenvalue weighted by atomic mass is 10.1. The van der Waals surface area contributed by atoms with Crippen LogP contribution in [0.3, 0.4) is 0 Å². The standard InChI is InChI=1S/C22H20F2N4O2/c1-15-18(14-25-28(15)17-5-3-2-4-6-17)22(30)27-11-9-26(10-12-27)21(29)16-7-8-19(23)20(24)13-16/h2-8,13-14H,9-12H2,1H3. The number of nitrogens with zero attached hydrogens (tertiary/aromatic N) is 4. The van der Waals surface area contributed by atoms with Crippen molar-refractivity contribution in [2.75, 3.05) is 26.2 Å². The van der Waals surface area contributed by atoms with E-state index in [2.05, 4.69) is 5.10 Å². The highest BCUT2D eigenvalue weighted by atomic mass is 19.2. The van der Waals surface area contributed by atoms with Gasteiger partial charge in [0.25, 0.3) is 11.8 Å². The summed E-state index contributed by atoms with van der Waals surface area (Å²) in [5.74, 6) is -2.57. The number of benzene rings is 2. The SMILES string of the molecule is Cc1c(C(=O)N2CCN(C(=O)c3ccc(F)c(F)c3)CC2)cnn1-c1ccccc1. The van der Waals surface area contributed by atoms with Gasteiger partial charge in [-0.3, -0.25) is 9.59 Å². The monoisotopic (exact) mass is 410 g/mol. The number of halogens is 2. The van der Waals surface area contributed by atoms with Gasteiger partial charge in [-0.1, -0.05) is 18.2 Å². The Balaban J connectivity index is 1.43. The van der Waals surface area contributed by atoms with Gasteiger partial charge in [-0.25, -0.2) is 13.5 Å². The summed E-state index contributed by atoms with van der Waals surface area (Å²) in [5.41, 5.74) is 2.22. The Kier molecular flexibility index (Phi) is 5.31. The first kappa shape index (κ1) is 19.8. The second-order valence-electron chi connectivity index (χ2n) is 7.10. The summed E-state index contributed by atoms with van der Waals surface area (Å²) in [7, 11) is 0. The van der Waals surface area contributed by atoms with E-state index in [0.717, 1.165) is 23.5 Å². The zero-order chi connectivity index (χ0) is 21.3. The zero-order valence-corrected chi connectivity index (χ0v) is 16.4. The van der Waals surface area contributed by atoms with Crippen molar-refractivity contribution >= 4 is 11.8 Å². The van der Waals surface area contributed by atoms with E-state index in [9.17, 15) is 18.4 Å². The van der Waals surface area contributed by atoms with Crippen LogP contribution in [-0.2, 0) is 0 Å². The minimum absolute atomic E-state index is 0.0914. The van der Waals surface area contributed by atoms with Gasteiger partial charge in [-0.15, -0.1) is 0 Å². The molecule has 1 aromatic heterocycles. The molecule has 0 radical (unpaired) electrons. The van der Waals surface area contributed by atoms with Crippen LogP contribution in [0.25, 0.3) is 5.69 Å².